The number of hydrogen-bond donors (Lipinski definition) is 3. The SMILES string of the molecule is CN(C)[C@H]1C[C@H](n2cc(NC(=O)c3ccc(-c4cn[nH]c4)o3)c(-c3ccccn3)n2)C1.O=CO. The minimum absolute atomic E-state index is 0.215. The van der Waals surface area contributed by atoms with Gasteiger partial charge in [0, 0.05) is 24.6 Å². The van der Waals surface area contributed by atoms with Gasteiger partial charge in [-0.1, -0.05) is 6.07 Å². The predicted molar refractivity (Wildman–Crippen MR) is 124 cm³/mol. The standard InChI is InChI=1S/C22H23N7O2.CH2O2/c1-28(2)15-9-16(10-15)29-13-18(21(27-29)17-5-3-4-8-23-17)26-22(30)20-7-6-19(31-20)14-11-24-25-12-14;2-1-3/h3-8,11-13,15-16H,9-10H2,1-2H3,(H,24,25)(H,26,30);1H,(H,2,3)/t15-,16-;. The van der Waals surface area contributed by atoms with Crippen LogP contribution in [0.5, 0.6) is 0 Å². The molecule has 11 heteroatoms. The lowest BCUT2D eigenvalue weighted by molar-refractivity contribution is -0.122. The first-order valence-corrected chi connectivity index (χ1v) is 10.6. The van der Waals surface area contributed by atoms with Gasteiger partial charge in [0.1, 0.15) is 11.5 Å². The van der Waals surface area contributed by atoms with Crippen LogP contribution in [0.25, 0.3) is 22.7 Å². The smallest absolute Gasteiger partial charge is 0.291 e. The minimum Gasteiger partial charge on any atom is -0.483 e. The van der Waals surface area contributed by atoms with Gasteiger partial charge in [0.05, 0.1) is 29.2 Å². The summed E-state index contributed by atoms with van der Waals surface area (Å²) in [6, 6.07) is 9.89. The molecule has 1 aliphatic carbocycles. The van der Waals surface area contributed by atoms with Gasteiger partial charge >= 0.3 is 0 Å². The van der Waals surface area contributed by atoms with Gasteiger partial charge in [0.2, 0.25) is 0 Å². The molecule has 1 saturated carbocycles. The molecule has 176 valence electrons. The normalized spacial score (nSPS) is 16.9. The number of nitrogens with one attached hydrogen (secondary N) is 2. The zero-order valence-corrected chi connectivity index (χ0v) is 18.8. The Labute approximate surface area is 195 Å². The molecule has 0 unspecified atom stereocenters. The largest absolute Gasteiger partial charge is 0.483 e. The van der Waals surface area contributed by atoms with Crippen molar-refractivity contribution in [2.75, 3.05) is 19.4 Å². The third-order valence-electron chi connectivity index (χ3n) is 5.69. The summed E-state index contributed by atoms with van der Waals surface area (Å²) in [6.45, 7) is -0.250. The molecule has 5 rings (SSSR count). The van der Waals surface area contributed by atoms with Crippen molar-refractivity contribution in [1.29, 1.82) is 0 Å². The average Bonchev–Trinajstić information content (AvgIpc) is 3.54. The van der Waals surface area contributed by atoms with E-state index in [2.05, 4.69) is 39.5 Å². The summed E-state index contributed by atoms with van der Waals surface area (Å²) in [4.78, 5) is 27.9. The van der Waals surface area contributed by atoms with Gasteiger partial charge in [0.25, 0.3) is 12.4 Å². The number of carboxylic acid groups (broad SMARTS) is 1. The molecular formula is C23H25N7O4. The Balaban J connectivity index is 0.000000868. The first-order chi connectivity index (χ1) is 16.5. The molecule has 0 aromatic carbocycles. The van der Waals surface area contributed by atoms with Crippen molar-refractivity contribution in [2.24, 2.45) is 0 Å². The van der Waals surface area contributed by atoms with Crippen LogP contribution in [-0.4, -0.2) is 67.5 Å². The van der Waals surface area contributed by atoms with Gasteiger partial charge < -0.3 is 19.7 Å². The summed E-state index contributed by atoms with van der Waals surface area (Å²) in [7, 11) is 4.19. The average molecular weight is 463 g/mol. The third kappa shape index (κ3) is 4.89. The van der Waals surface area contributed by atoms with Gasteiger partial charge in [0.15, 0.2) is 5.76 Å². The number of aromatic amines is 1. The van der Waals surface area contributed by atoms with Crippen LogP contribution in [0.15, 0.2) is 59.5 Å². The van der Waals surface area contributed by atoms with Crippen LogP contribution in [0.3, 0.4) is 0 Å². The van der Waals surface area contributed by atoms with E-state index in [0.29, 0.717) is 34.9 Å². The minimum atomic E-state index is -0.341. The topological polar surface area (TPSA) is 142 Å². The van der Waals surface area contributed by atoms with Gasteiger partial charge in [-0.2, -0.15) is 10.2 Å². The third-order valence-corrected chi connectivity index (χ3v) is 5.69. The van der Waals surface area contributed by atoms with Crippen molar-refractivity contribution in [3.8, 4) is 22.7 Å². The summed E-state index contributed by atoms with van der Waals surface area (Å²) in [5.41, 5.74) is 2.74. The molecule has 0 atom stereocenters. The molecule has 1 fully saturated rings. The van der Waals surface area contributed by atoms with Gasteiger partial charge in [-0.25, -0.2) is 0 Å². The Bertz CT molecular complexity index is 1230. The first-order valence-electron chi connectivity index (χ1n) is 10.6. The van der Waals surface area contributed by atoms with Crippen molar-refractivity contribution < 1.29 is 19.1 Å². The highest BCUT2D eigenvalue weighted by molar-refractivity contribution is 6.04. The molecule has 3 N–H and O–H groups in total. The number of aromatic nitrogens is 5. The highest BCUT2D eigenvalue weighted by Crippen LogP contribution is 2.37. The molecule has 0 bridgehead atoms. The van der Waals surface area contributed by atoms with Crippen molar-refractivity contribution in [2.45, 2.75) is 24.9 Å². The molecule has 0 aliphatic heterocycles. The summed E-state index contributed by atoms with van der Waals surface area (Å²) < 4.78 is 7.66. The maximum absolute atomic E-state index is 12.9. The molecule has 0 spiro atoms. The number of H-pyrrole nitrogens is 1. The van der Waals surface area contributed by atoms with E-state index in [-0.39, 0.29) is 18.1 Å². The Morgan fingerprint density at radius 2 is 2.09 bits per heavy atom. The van der Waals surface area contributed by atoms with Crippen molar-refractivity contribution in [3.63, 3.8) is 0 Å². The van der Waals surface area contributed by atoms with Crippen LogP contribution in [-0.2, 0) is 4.79 Å². The highest BCUT2D eigenvalue weighted by atomic mass is 16.4. The van der Waals surface area contributed by atoms with Crippen molar-refractivity contribution >= 4 is 18.1 Å². The van der Waals surface area contributed by atoms with E-state index in [1.54, 1.807) is 30.7 Å². The monoisotopic (exact) mass is 463 g/mol. The molecule has 34 heavy (non-hydrogen) atoms. The van der Waals surface area contributed by atoms with E-state index < -0.39 is 0 Å². The second-order valence-electron chi connectivity index (χ2n) is 8.04. The fourth-order valence-corrected chi connectivity index (χ4v) is 3.74. The first kappa shape index (κ1) is 22.9. The molecular weight excluding hydrogens is 438 g/mol. The Morgan fingerprint density at radius 3 is 2.74 bits per heavy atom. The number of amides is 1. The lowest BCUT2D eigenvalue weighted by atomic mass is 9.86. The predicted octanol–water partition coefficient (Wildman–Crippen LogP) is 3.15. The lowest BCUT2D eigenvalue weighted by Gasteiger charge is -2.39. The summed E-state index contributed by atoms with van der Waals surface area (Å²) >= 11 is 0. The zero-order valence-electron chi connectivity index (χ0n) is 18.8. The molecule has 4 heterocycles. The number of rotatable bonds is 6. The molecule has 1 aliphatic rings. The molecule has 0 radical (unpaired) electrons. The fraction of sp³-hybridized carbons (Fsp3) is 0.261. The maximum Gasteiger partial charge on any atom is 0.291 e. The molecule has 0 saturated heterocycles. The van der Waals surface area contributed by atoms with Crippen LogP contribution < -0.4 is 5.32 Å². The number of carbonyl (C=O) groups is 2. The lowest BCUT2D eigenvalue weighted by Crippen LogP contribution is -2.41. The second-order valence-corrected chi connectivity index (χ2v) is 8.04. The van der Waals surface area contributed by atoms with E-state index >= 15 is 0 Å². The Morgan fingerprint density at radius 1 is 1.29 bits per heavy atom. The van der Waals surface area contributed by atoms with Crippen LogP contribution in [0.4, 0.5) is 5.69 Å². The number of pyridine rings is 1. The molecule has 4 aromatic rings. The number of hydrogen-bond acceptors (Lipinski definition) is 7. The van der Waals surface area contributed by atoms with E-state index in [9.17, 15) is 4.79 Å². The van der Waals surface area contributed by atoms with Crippen LogP contribution >= 0.6 is 0 Å². The number of carbonyl (C=O) groups excluding carboxylic acids is 1. The van der Waals surface area contributed by atoms with Gasteiger partial charge in [-0.15, -0.1) is 0 Å². The van der Waals surface area contributed by atoms with E-state index in [1.807, 2.05) is 29.1 Å². The summed E-state index contributed by atoms with van der Waals surface area (Å²) in [6.07, 6.45) is 9.01. The van der Waals surface area contributed by atoms with Gasteiger partial charge in [-0.05, 0) is 51.2 Å². The fourth-order valence-electron chi connectivity index (χ4n) is 3.74. The Hall–Kier alpha value is -4.25. The van der Waals surface area contributed by atoms with Crippen molar-refractivity contribution in [3.05, 3.63) is 60.9 Å². The number of furan rings is 1. The number of anilines is 1. The Kier molecular flexibility index (Phi) is 6.83. The van der Waals surface area contributed by atoms with E-state index in [0.717, 1.165) is 18.4 Å². The highest BCUT2D eigenvalue weighted by Gasteiger charge is 2.33. The van der Waals surface area contributed by atoms with Crippen LogP contribution in [0, 0.1) is 0 Å². The summed E-state index contributed by atoms with van der Waals surface area (Å²) in [5.74, 6) is 0.447. The quantitative estimate of drug-likeness (QED) is 0.370. The van der Waals surface area contributed by atoms with E-state index in [4.69, 9.17) is 19.4 Å². The second kappa shape index (κ2) is 10.1. The molecule has 11 nitrogen and oxygen atoms in total. The maximum atomic E-state index is 12.9. The summed E-state index contributed by atoms with van der Waals surface area (Å²) in [5, 5.41) is 21.3. The number of nitrogens with zero attached hydrogens (tertiary/aromatic N) is 5. The van der Waals surface area contributed by atoms with E-state index in [1.165, 1.54) is 0 Å². The zero-order chi connectivity index (χ0) is 24.1. The molecule has 4 aromatic heterocycles. The molecule has 1 amide bonds. The van der Waals surface area contributed by atoms with Crippen molar-refractivity contribution in [1.82, 2.24) is 29.9 Å². The van der Waals surface area contributed by atoms with Crippen LogP contribution in [0.2, 0.25) is 0 Å². The van der Waals surface area contributed by atoms with Gasteiger partial charge in [-0.3, -0.25) is 24.4 Å². The van der Waals surface area contributed by atoms with Crippen LogP contribution in [0.1, 0.15) is 29.4 Å².